The minimum atomic E-state index is -4.29. The van der Waals surface area contributed by atoms with Crippen LogP contribution in [0.4, 0.5) is 13.2 Å². The summed E-state index contributed by atoms with van der Waals surface area (Å²) < 4.78 is 37.7. The molecule has 3 unspecified atom stereocenters. The average Bonchev–Trinajstić information content (AvgIpc) is 2.35. The molecule has 0 bridgehead atoms. The smallest absolute Gasteiger partial charge is 0.321 e. The lowest BCUT2D eigenvalue weighted by atomic mass is 9.66. The monoisotopic (exact) mass is 271 g/mol. The maximum absolute atomic E-state index is 12.6. The van der Waals surface area contributed by atoms with Gasteiger partial charge < -0.3 is 5.73 Å². The predicted octanol–water partition coefficient (Wildman–Crippen LogP) is 4.32. The molecule has 0 spiro atoms. The van der Waals surface area contributed by atoms with Crippen molar-refractivity contribution in [3.05, 3.63) is 35.4 Å². The molecule has 2 rings (SSSR count). The third kappa shape index (κ3) is 2.64. The van der Waals surface area contributed by atoms with Crippen LogP contribution < -0.4 is 5.73 Å². The van der Waals surface area contributed by atoms with Crippen LogP contribution in [0.5, 0.6) is 0 Å². The highest BCUT2D eigenvalue weighted by molar-refractivity contribution is 5.31. The van der Waals surface area contributed by atoms with Crippen molar-refractivity contribution < 1.29 is 13.2 Å². The third-order valence-corrected chi connectivity index (χ3v) is 4.67. The van der Waals surface area contributed by atoms with Crippen LogP contribution in [0.1, 0.15) is 44.2 Å². The van der Waals surface area contributed by atoms with E-state index in [1.165, 1.54) is 12.1 Å². The highest BCUT2D eigenvalue weighted by Gasteiger charge is 2.40. The Labute approximate surface area is 112 Å². The van der Waals surface area contributed by atoms with Gasteiger partial charge in [-0.1, -0.05) is 38.8 Å². The van der Waals surface area contributed by atoms with Crippen LogP contribution >= 0.6 is 0 Å². The second-order valence-electron chi connectivity index (χ2n) is 5.77. The van der Waals surface area contributed by atoms with Gasteiger partial charge in [0.15, 0.2) is 0 Å². The van der Waals surface area contributed by atoms with Crippen molar-refractivity contribution in [1.29, 1.82) is 0 Å². The molecule has 0 saturated heterocycles. The third-order valence-electron chi connectivity index (χ3n) is 4.67. The van der Waals surface area contributed by atoms with Crippen molar-refractivity contribution in [3.63, 3.8) is 0 Å². The Morgan fingerprint density at radius 2 is 1.74 bits per heavy atom. The lowest BCUT2D eigenvalue weighted by Gasteiger charge is -2.43. The molecule has 3 atom stereocenters. The van der Waals surface area contributed by atoms with Crippen molar-refractivity contribution >= 4 is 0 Å². The second kappa shape index (κ2) is 4.82. The molecule has 2 N–H and O–H groups in total. The first kappa shape index (κ1) is 14.4. The summed E-state index contributed by atoms with van der Waals surface area (Å²) in [6.45, 7) is 4.26. The maximum Gasteiger partial charge on any atom is 0.416 e. The summed E-state index contributed by atoms with van der Waals surface area (Å²) in [7, 11) is 0. The zero-order chi connectivity index (χ0) is 14.3. The molecule has 0 amide bonds. The summed E-state index contributed by atoms with van der Waals surface area (Å²) in [6, 6.07) is 5.35. The SMILES string of the molecule is CC1CCCC(N)(c2ccc(C(F)(F)F)cc2)C1C. The molecular weight excluding hydrogens is 251 g/mol. The molecule has 1 aliphatic rings. The number of hydrogen-bond acceptors (Lipinski definition) is 1. The molecule has 1 fully saturated rings. The predicted molar refractivity (Wildman–Crippen MR) is 69.5 cm³/mol. The van der Waals surface area contributed by atoms with Crippen LogP contribution in [0.15, 0.2) is 24.3 Å². The molecule has 106 valence electrons. The molecule has 1 aromatic carbocycles. The van der Waals surface area contributed by atoms with Crippen LogP contribution in [0.25, 0.3) is 0 Å². The number of benzene rings is 1. The first-order chi connectivity index (χ1) is 8.75. The lowest BCUT2D eigenvalue weighted by molar-refractivity contribution is -0.137. The zero-order valence-corrected chi connectivity index (χ0v) is 11.3. The summed E-state index contributed by atoms with van der Waals surface area (Å²) in [6.07, 6.45) is -1.28. The Hall–Kier alpha value is -1.03. The molecule has 0 radical (unpaired) electrons. The normalized spacial score (nSPS) is 32.3. The van der Waals surface area contributed by atoms with E-state index in [0.717, 1.165) is 37.0 Å². The topological polar surface area (TPSA) is 26.0 Å². The van der Waals surface area contributed by atoms with Crippen molar-refractivity contribution in [1.82, 2.24) is 0 Å². The first-order valence-corrected chi connectivity index (χ1v) is 6.72. The first-order valence-electron chi connectivity index (χ1n) is 6.72. The van der Waals surface area contributed by atoms with E-state index in [1.807, 2.05) is 0 Å². The molecule has 19 heavy (non-hydrogen) atoms. The highest BCUT2D eigenvalue weighted by Crippen LogP contribution is 2.43. The van der Waals surface area contributed by atoms with Gasteiger partial charge in [0.2, 0.25) is 0 Å². The van der Waals surface area contributed by atoms with Crippen LogP contribution in [0, 0.1) is 11.8 Å². The Bertz CT molecular complexity index is 438. The second-order valence-corrected chi connectivity index (χ2v) is 5.77. The number of rotatable bonds is 1. The van der Waals surface area contributed by atoms with Gasteiger partial charge in [-0.05, 0) is 36.0 Å². The van der Waals surface area contributed by atoms with E-state index in [-0.39, 0.29) is 5.92 Å². The summed E-state index contributed by atoms with van der Waals surface area (Å²) in [5, 5.41) is 0. The number of alkyl halides is 3. The maximum atomic E-state index is 12.6. The average molecular weight is 271 g/mol. The van der Waals surface area contributed by atoms with E-state index in [2.05, 4.69) is 13.8 Å². The quantitative estimate of drug-likeness (QED) is 0.809. The van der Waals surface area contributed by atoms with Crippen LogP contribution in [-0.2, 0) is 11.7 Å². The Kier molecular flexibility index (Phi) is 3.65. The van der Waals surface area contributed by atoms with Gasteiger partial charge in [0.05, 0.1) is 5.56 Å². The Morgan fingerprint density at radius 3 is 2.26 bits per heavy atom. The molecule has 1 aromatic rings. The van der Waals surface area contributed by atoms with Crippen molar-refractivity contribution in [2.45, 2.75) is 44.8 Å². The summed E-state index contributed by atoms with van der Waals surface area (Å²) in [5.41, 5.74) is 6.20. The Balaban J connectivity index is 2.31. The fourth-order valence-electron chi connectivity index (χ4n) is 3.08. The number of nitrogens with two attached hydrogens (primary N) is 1. The van der Waals surface area contributed by atoms with Gasteiger partial charge in [0, 0.05) is 5.54 Å². The van der Waals surface area contributed by atoms with Crippen LogP contribution in [0.2, 0.25) is 0 Å². The molecule has 1 nitrogen and oxygen atoms in total. The minimum absolute atomic E-state index is 0.276. The number of halogens is 3. The molecule has 4 heteroatoms. The highest BCUT2D eigenvalue weighted by atomic mass is 19.4. The van der Waals surface area contributed by atoms with Crippen molar-refractivity contribution in [2.75, 3.05) is 0 Å². The molecule has 1 aliphatic carbocycles. The Morgan fingerprint density at radius 1 is 1.16 bits per heavy atom. The van der Waals surface area contributed by atoms with Crippen molar-refractivity contribution in [2.24, 2.45) is 17.6 Å². The van der Waals surface area contributed by atoms with Gasteiger partial charge in [-0.25, -0.2) is 0 Å². The van der Waals surface area contributed by atoms with Gasteiger partial charge in [0.25, 0.3) is 0 Å². The molecule has 0 heterocycles. The van der Waals surface area contributed by atoms with E-state index in [1.54, 1.807) is 0 Å². The van der Waals surface area contributed by atoms with E-state index in [0.29, 0.717) is 5.92 Å². The molecule has 0 aromatic heterocycles. The largest absolute Gasteiger partial charge is 0.416 e. The summed E-state index contributed by atoms with van der Waals surface area (Å²) >= 11 is 0. The summed E-state index contributed by atoms with van der Waals surface area (Å²) in [4.78, 5) is 0. The lowest BCUT2D eigenvalue weighted by Crippen LogP contribution is -2.48. The minimum Gasteiger partial charge on any atom is -0.321 e. The summed E-state index contributed by atoms with van der Waals surface area (Å²) in [5.74, 6) is 0.777. The molecule has 1 saturated carbocycles. The van der Waals surface area contributed by atoms with Gasteiger partial charge in [-0.3, -0.25) is 0 Å². The van der Waals surface area contributed by atoms with Gasteiger partial charge in [-0.2, -0.15) is 13.2 Å². The van der Waals surface area contributed by atoms with E-state index in [9.17, 15) is 13.2 Å². The fourth-order valence-corrected chi connectivity index (χ4v) is 3.08. The molecule has 0 aliphatic heterocycles. The van der Waals surface area contributed by atoms with Crippen LogP contribution in [-0.4, -0.2) is 0 Å². The van der Waals surface area contributed by atoms with Crippen LogP contribution in [0.3, 0.4) is 0 Å². The van der Waals surface area contributed by atoms with Gasteiger partial charge in [0.1, 0.15) is 0 Å². The number of hydrogen-bond donors (Lipinski definition) is 1. The fraction of sp³-hybridized carbons (Fsp3) is 0.600. The van der Waals surface area contributed by atoms with Gasteiger partial charge in [-0.15, -0.1) is 0 Å². The van der Waals surface area contributed by atoms with Crippen molar-refractivity contribution in [3.8, 4) is 0 Å². The molecular formula is C15H20F3N. The van der Waals surface area contributed by atoms with E-state index in [4.69, 9.17) is 5.73 Å². The standard InChI is InChI=1S/C15H20F3N/c1-10-4-3-9-14(19,11(10)2)12-5-7-13(8-6-12)15(16,17)18/h5-8,10-11H,3-4,9,19H2,1-2H3. The zero-order valence-electron chi connectivity index (χ0n) is 11.3. The van der Waals surface area contributed by atoms with Gasteiger partial charge >= 0.3 is 6.18 Å². The van der Waals surface area contributed by atoms with E-state index >= 15 is 0 Å². The van der Waals surface area contributed by atoms with E-state index < -0.39 is 17.3 Å².